The van der Waals surface area contributed by atoms with Crippen molar-refractivity contribution in [3.8, 4) is 11.5 Å². The number of nitrogens with two attached hydrogens (primary N) is 2. The number of halogens is 20. The molecule has 0 fully saturated rings. The van der Waals surface area contributed by atoms with Crippen LogP contribution in [0.3, 0.4) is 0 Å². The molecule has 0 unspecified atom stereocenters. The Kier molecular flexibility index (Phi) is 12.1. The third kappa shape index (κ3) is 6.25. The molecule has 24 heteroatoms. The summed E-state index contributed by atoms with van der Waals surface area (Å²) in [5.74, 6) is -85.8. The van der Waals surface area contributed by atoms with E-state index < -0.39 is 117 Å². The molecule has 0 heterocycles. The van der Waals surface area contributed by atoms with Gasteiger partial charge in [-0.2, -0.15) is 87.8 Å². The Bertz CT molecular complexity index is 1560. The lowest BCUT2D eigenvalue weighted by Crippen LogP contribution is -2.76. The molecule has 0 bridgehead atoms. The van der Waals surface area contributed by atoms with Crippen LogP contribution in [0.15, 0.2) is 24.3 Å². The van der Waals surface area contributed by atoms with Gasteiger partial charge in [-0.1, -0.05) is 26.7 Å². The maximum Gasteiger partial charge on any atom is 0.385 e. The molecule has 0 saturated carbocycles. The highest BCUT2D eigenvalue weighted by Crippen LogP contribution is 2.67. The fraction of sp³-hybridized carbons (Fsp3) is 0.600. The fourth-order valence-electron chi connectivity index (χ4n) is 4.96. The molecule has 2 rings (SSSR count). The minimum atomic E-state index is -9.16. The van der Waals surface area contributed by atoms with E-state index in [0.717, 1.165) is 0 Å². The first-order valence-electron chi connectivity index (χ1n) is 14.8. The van der Waals surface area contributed by atoms with Crippen molar-refractivity contribution in [3.63, 3.8) is 0 Å². The van der Waals surface area contributed by atoms with Crippen molar-refractivity contribution in [1.29, 1.82) is 0 Å². The van der Waals surface area contributed by atoms with Crippen LogP contribution >= 0.6 is 0 Å². The Hall–Kier alpha value is -3.76. The molecule has 0 amide bonds. The zero-order valence-corrected chi connectivity index (χ0v) is 27.7. The predicted molar refractivity (Wildman–Crippen MR) is 150 cm³/mol. The van der Waals surface area contributed by atoms with Crippen molar-refractivity contribution in [2.75, 3.05) is 25.7 Å². The number of nitrogen functional groups attached to an aromatic ring is 2. The molecule has 0 aliphatic heterocycles. The van der Waals surface area contributed by atoms with Crippen LogP contribution in [0.4, 0.5) is 99.2 Å². The third-order valence-electron chi connectivity index (χ3n) is 8.21. The number of methoxy groups -OCH3 is 2. The van der Waals surface area contributed by atoms with E-state index in [2.05, 4.69) is 9.47 Å². The van der Waals surface area contributed by atoms with Gasteiger partial charge in [0.05, 0.1) is 25.6 Å². The van der Waals surface area contributed by atoms with E-state index in [4.69, 9.17) is 11.5 Å². The lowest BCUT2D eigenvalue weighted by atomic mass is 9.83. The van der Waals surface area contributed by atoms with Gasteiger partial charge in [0.1, 0.15) is 11.5 Å². The molecule has 0 saturated heterocycles. The van der Waals surface area contributed by atoms with E-state index in [9.17, 15) is 87.8 Å². The van der Waals surface area contributed by atoms with Crippen LogP contribution in [0.2, 0.25) is 0 Å². The largest absolute Gasteiger partial charge is 0.495 e. The summed E-state index contributed by atoms with van der Waals surface area (Å²) in [7, 11) is 1.25. The quantitative estimate of drug-likeness (QED) is 0.123. The Morgan fingerprint density at radius 1 is 0.407 bits per heavy atom. The highest BCUT2D eigenvalue weighted by Gasteiger charge is 2.97. The fourth-order valence-corrected chi connectivity index (χ4v) is 4.96. The van der Waals surface area contributed by atoms with Crippen LogP contribution in [-0.4, -0.2) is 61.6 Å². The number of alkyl halides is 20. The van der Waals surface area contributed by atoms with Gasteiger partial charge in [0.2, 0.25) is 0 Å². The van der Waals surface area contributed by atoms with Crippen LogP contribution in [0, 0.1) is 0 Å². The second-order valence-electron chi connectivity index (χ2n) is 11.7. The molecular formula is C30H28F20N2O2. The minimum absolute atomic E-state index is 0.0772. The highest BCUT2D eigenvalue weighted by molar-refractivity contribution is 5.62. The predicted octanol–water partition coefficient (Wildman–Crippen LogP) is 10.7. The summed E-state index contributed by atoms with van der Waals surface area (Å²) in [6.45, 7) is 2.61. The van der Waals surface area contributed by atoms with Crippen LogP contribution in [0.1, 0.15) is 48.9 Å². The van der Waals surface area contributed by atoms with Gasteiger partial charge in [0.15, 0.2) is 0 Å². The molecular weight excluding hydrogens is 800 g/mol. The number of benzene rings is 2. The number of aryl methyl sites for hydroxylation is 2. The Labute approximate surface area is 291 Å². The number of ether oxygens (including phenoxy) is 2. The van der Waals surface area contributed by atoms with Crippen molar-refractivity contribution in [2.45, 2.75) is 98.8 Å². The van der Waals surface area contributed by atoms with Gasteiger partial charge in [-0.25, -0.2) is 0 Å². The molecule has 0 aliphatic rings. The lowest BCUT2D eigenvalue weighted by Gasteiger charge is -2.45. The molecule has 2 aromatic rings. The van der Waals surface area contributed by atoms with Gasteiger partial charge in [-0.15, -0.1) is 0 Å². The normalized spacial score (nSPS) is 14.7. The summed E-state index contributed by atoms with van der Waals surface area (Å²) < 4.78 is 303. The SMILES string of the molecule is CCCc1cc(C(F)(F)C(F)(F)C(F)(F)C(F)(F)C(F)(F)C(F)(F)C(F)(F)C(F)(F)C(F)(F)C(F)(F)c2cc(CCC)c(N)c(OC)c2)cc(OC)c1N. The Balaban J connectivity index is 2.80. The molecule has 54 heavy (non-hydrogen) atoms. The average molecular weight is 829 g/mol. The summed E-state index contributed by atoms with van der Waals surface area (Å²) in [6.07, 6.45) is -1.08. The summed E-state index contributed by atoms with van der Waals surface area (Å²) in [4.78, 5) is 0. The van der Waals surface area contributed by atoms with Crippen LogP contribution in [-0.2, 0) is 24.7 Å². The van der Waals surface area contributed by atoms with Crippen LogP contribution < -0.4 is 20.9 Å². The zero-order valence-electron chi connectivity index (χ0n) is 27.7. The van der Waals surface area contributed by atoms with E-state index in [1.165, 1.54) is 13.8 Å². The van der Waals surface area contributed by atoms with Gasteiger partial charge < -0.3 is 20.9 Å². The van der Waals surface area contributed by atoms with E-state index in [1.807, 2.05) is 0 Å². The second-order valence-corrected chi connectivity index (χ2v) is 11.7. The van der Waals surface area contributed by atoms with E-state index in [1.54, 1.807) is 0 Å². The molecule has 4 N–H and O–H groups in total. The van der Waals surface area contributed by atoms with Crippen molar-refractivity contribution in [3.05, 3.63) is 46.5 Å². The topological polar surface area (TPSA) is 70.5 Å². The standard InChI is InChI=1S/C30H28F20N2O2/c1-5-7-13-9-15(11-17(53-3)19(13)51)21(31,32)23(35,36)25(39,40)27(43,44)29(47,48)30(49,50)28(45,46)26(41,42)24(37,38)22(33,34)16-10-14(8-6-2)20(52)18(12-16)54-4/h9-12H,5-8,51-52H2,1-4H3. The van der Waals surface area contributed by atoms with Crippen LogP contribution in [0.25, 0.3) is 0 Å². The molecule has 0 radical (unpaired) electrons. The smallest absolute Gasteiger partial charge is 0.385 e. The van der Waals surface area contributed by atoms with Crippen molar-refractivity contribution in [1.82, 2.24) is 0 Å². The van der Waals surface area contributed by atoms with Gasteiger partial charge in [-0.05, 0) is 48.2 Å². The summed E-state index contributed by atoms with van der Waals surface area (Å²) >= 11 is 0. The average Bonchev–Trinajstić information content (AvgIpc) is 3.05. The lowest BCUT2D eigenvalue weighted by molar-refractivity contribution is -0.470. The molecule has 0 atom stereocenters. The molecule has 0 spiro atoms. The number of hydrogen-bond donors (Lipinski definition) is 2. The van der Waals surface area contributed by atoms with Crippen molar-refractivity contribution < 1.29 is 97.3 Å². The van der Waals surface area contributed by atoms with Gasteiger partial charge in [0, 0.05) is 11.1 Å². The first-order valence-corrected chi connectivity index (χ1v) is 14.8. The Morgan fingerprint density at radius 2 is 0.630 bits per heavy atom. The molecule has 4 nitrogen and oxygen atoms in total. The van der Waals surface area contributed by atoms with Crippen LogP contribution in [0.5, 0.6) is 11.5 Å². The zero-order chi connectivity index (χ0) is 42.7. The number of hydrogen-bond acceptors (Lipinski definition) is 4. The first-order chi connectivity index (χ1) is 24.0. The highest BCUT2D eigenvalue weighted by atomic mass is 19.4. The van der Waals surface area contributed by atoms with E-state index in [-0.39, 0.29) is 37.1 Å². The summed E-state index contributed by atoms with van der Waals surface area (Å²) in [6, 6.07) is -0.950. The molecule has 2 aromatic carbocycles. The number of rotatable bonds is 17. The maximum absolute atomic E-state index is 15.0. The number of anilines is 2. The van der Waals surface area contributed by atoms with Crippen molar-refractivity contribution >= 4 is 11.4 Å². The first kappa shape index (κ1) is 46.4. The Morgan fingerprint density at radius 3 is 0.833 bits per heavy atom. The second kappa shape index (κ2) is 14.1. The summed E-state index contributed by atoms with van der Waals surface area (Å²) in [5.41, 5.74) is 3.49. The van der Waals surface area contributed by atoms with E-state index in [0.29, 0.717) is 14.2 Å². The van der Waals surface area contributed by atoms with Gasteiger partial charge in [0.25, 0.3) is 0 Å². The third-order valence-corrected chi connectivity index (χ3v) is 8.21. The van der Waals surface area contributed by atoms with E-state index >= 15 is 0 Å². The molecule has 310 valence electrons. The molecule has 0 aromatic heterocycles. The monoisotopic (exact) mass is 828 g/mol. The minimum Gasteiger partial charge on any atom is -0.495 e. The molecule has 0 aliphatic carbocycles. The van der Waals surface area contributed by atoms with Crippen molar-refractivity contribution in [2.24, 2.45) is 0 Å². The van der Waals surface area contributed by atoms with Gasteiger partial charge in [-0.3, -0.25) is 0 Å². The van der Waals surface area contributed by atoms with Gasteiger partial charge >= 0.3 is 59.2 Å². The maximum atomic E-state index is 15.0. The summed E-state index contributed by atoms with van der Waals surface area (Å²) in [5, 5.41) is 0.